The average Bonchev–Trinajstić information content (AvgIpc) is 2.40. The number of nitrogens with one attached hydrogen (secondary N) is 1. The molecule has 0 aliphatic rings. The van der Waals surface area contributed by atoms with Gasteiger partial charge in [-0.25, -0.2) is 4.68 Å². The molecular weight excluding hydrogens is 176 g/mol. The van der Waals surface area contributed by atoms with Gasteiger partial charge in [0.15, 0.2) is 0 Å². The van der Waals surface area contributed by atoms with E-state index in [1.54, 1.807) is 4.68 Å². The number of aromatic amines is 1. The number of hydrogen-bond donors (Lipinski definition) is 1. The Morgan fingerprint density at radius 3 is 2.29 bits per heavy atom. The maximum absolute atomic E-state index is 12.0. The average molecular weight is 196 g/mol. The fraction of sp³-hybridized carbons (Fsp3) is 0.727. The van der Waals surface area contributed by atoms with Crippen molar-refractivity contribution < 1.29 is 0 Å². The van der Waals surface area contributed by atoms with E-state index >= 15 is 0 Å². The van der Waals surface area contributed by atoms with Crippen molar-refractivity contribution in [2.45, 2.75) is 53.0 Å². The lowest BCUT2D eigenvalue weighted by Crippen LogP contribution is -2.22. The molecule has 3 nitrogen and oxygen atoms in total. The van der Waals surface area contributed by atoms with Crippen LogP contribution in [0.3, 0.4) is 0 Å². The second kappa shape index (κ2) is 4.03. The van der Waals surface area contributed by atoms with Crippen molar-refractivity contribution in [1.29, 1.82) is 0 Å². The van der Waals surface area contributed by atoms with Crippen molar-refractivity contribution in [3.63, 3.8) is 0 Å². The summed E-state index contributed by atoms with van der Waals surface area (Å²) in [6.07, 6.45) is 0.970. The predicted molar refractivity (Wildman–Crippen MR) is 58.9 cm³/mol. The van der Waals surface area contributed by atoms with E-state index in [0.717, 1.165) is 17.7 Å². The molecule has 1 unspecified atom stereocenters. The summed E-state index contributed by atoms with van der Waals surface area (Å²) in [6.45, 7) is 10.2. The first kappa shape index (κ1) is 11.1. The summed E-state index contributed by atoms with van der Waals surface area (Å²) in [6, 6.07) is 0.258. The molecule has 80 valence electrons. The first-order valence-electron chi connectivity index (χ1n) is 5.30. The molecule has 0 spiro atoms. The topological polar surface area (TPSA) is 37.8 Å². The van der Waals surface area contributed by atoms with Gasteiger partial charge >= 0.3 is 0 Å². The SMILES string of the molecule is CCC(C)n1[nH]c(C)c(C(C)C)c1=O. The van der Waals surface area contributed by atoms with Gasteiger partial charge in [0.2, 0.25) is 0 Å². The van der Waals surface area contributed by atoms with E-state index in [0.29, 0.717) is 5.92 Å². The Hall–Kier alpha value is -0.990. The van der Waals surface area contributed by atoms with Crippen LogP contribution in [0, 0.1) is 6.92 Å². The van der Waals surface area contributed by atoms with Crippen LogP contribution in [-0.4, -0.2) is 9.78 Å². The Kier molecular flexibility index (Phi) is 3.19. The van der Waals surface area contributed by atoms with E-state index in [9.17, 15) is 4.79 Å². The minimum Gasteiger partial charge on any atom is -0.299 e. The molecule has 0 amide bonds. The predicted octanol–water partition coefficient (Wildman–Crippen LogP) is 2.58. The lowest BCUT2D eigenvalue weighted by atomic mass is 10.0. The lowest BCUT2D eigenvalue weighted by molar-refractivity contribution is 0.462. The van der Waals surface area contributed by atoms with Crippen LogP contribution >= 0.6 is 0 Å². The third-order valence-corrected chi connectivity index (χ3v) is 2.75. The summed E-state index contributed by atoms with van der Waals surface area (Å²) in [5.41, 5.74) is 2.07. The fourth-order valence-corrected chi connectivity index (χ4v) is 1.75. The van der Waals surface area contributed by atoms with E-state index in [1.165, 1.54) is 0 Å². The Bertz CT molecular complexity index is 360. The zero-order chi connectivity index (χ0) is 10.9. The Morgan fingerprint density at radius 1 is 1.36 bits per heavy atom. The van der Waals surface area contributed by atoms with Crippen LogP contribution in [0.25, 0.3) is 0 Å². The highest BCUT2D eigenvalue weighted by atomic mass is 16.1. The molecule has 0 radical (unpaired) electrons. The van der Waals surface area contributed by atoms with E-state index in [2.05, 4.69) is 32.8 Å². The van der Waals surface area contributed by atoms with Crippen LogP contribution in [0.5, 0.6) is 0 Å². The molecule has 1 atom stereocenters. The molecule has 1 N–H and O–H groups in total. The molecule has 1 aromatic rings. The van der Waals surface area contributed by atoms with Gasteiger partial charge in [0.25, 0.3) is 5.56 Å². The third kappa shape index (κ3) is 1.76. The second-order valence-electron chi connectivity index (χ2n) is 4.24. The molecule has 0 aromatic carbocycles. The highest BCUT2D eigenvalue weighted by Gasteiger charge is 2.16. The van der Waals surface area contributed by atoms with Gasteiger partial charge in [-0.1, -0.05) is 20.8 Å². The molecular formula is C11H20N2O. The zero-order valence-corrected chi connectivity index (χ0v) is 9.72. The van der Waals surface area contributed by atoms with Gasteiger partial charge in [-0.3, -0.25) is 9.89 Å². The van der Waals surface area contributed by atoms with Crippen LogP contribution < -0.4 is 5.56 Å². The van der Waals surface area contributed by atoms with Crippen LogP contribution in [0.1, 0.15) is 57.3 Å². The highest BCUT2D eigenvalue weighted by molar-refractivity contribution is 5.19. The van der Waals surface area contributed by atoms with E-state index in [1.807, 2.05) is 6.92 Å². The molecule has 1 rings (SSSR count). The van der Waals surface area contributed by atoms with Crippen molar-refractivity contribution in [2.75, 3.05) is 0 Å². The third-order valence-electron chi connectivity index (χ3n) is 2.75. The Morgan fingerprint density at radius 2 is 1.93 bits per heavy atom. The minimum absolute atomic E-state index is 0.145. The maximum atomic E-state index is 12.0. The molecule has 1 aromatic heterocycles. The number of H-pyrrole nitrogens is 1. The molecule has 0 saturated heterocycles. The van der Waals surface area contributed by atoms with Gasteiger partial charge in [-0.2, -0.15) is 0 Å². The van der Waals surface area contributed by atoms with Crippen LogP contribution in [0.2, 0.25) is 0 Å². The Balaban J connectivity index is 3.24. The monoisotopic (exact) mass is 196 g/mol. The van der Waals surface area contributed by atoms with Gasteiger partial charge < -0.3 is 0 Å². The second-order valence-corrected chi connectivity index (χ2v) is 4.24. The van der Waals surface area contributed by atoms with E-state index in [-0.39, 0.29) is 11.6 Å². The number of hydrogen-bond acceptors (Lipinski definition) is 1. The summed E-state index contributed by atoms with van der Waals surface area (Å²) >= 11 is 0. The van der Waals surface area contributed by atoms with E-state index < -0.39 is 0 Å². The summed E-state index contributed by atoms with van der Waals surface area (Å²) in [5, 5.41) is 3.15. The highest BCUT2D eigenvalue weighted by Crippen LogP contribution is 2.15. The van der Waals surface area contributed by atoms with Crippen molar-refractivity contribution in [3.05, 3.63) is 21.6 Å². The van der Waals surface area contributed by atoms with Crippen molar-refractivity contribution >= 4 is 0 Å². The van der Waals surface area contributed by atoms with Crippen LogP contribution in [0.15, 0.2) is 4.79 Å². The van der Waals surface area contributed by atoms with Crippen molar-refractivity contribution in [2.24, 2.45) is 0 Å². The largest absolute Gasteiger partial charge is 0.299 e. The molecule has 1 heterocycles. The van der Waals surface area contributed by atoms with Crippen LogP contribution in [0.4, 0.5) is 0 Å². The summed E-state index contributed by atoms with van der Waals surface area (Å²) in [4.78, 5) is 12.0. The zero-order valence-electron chi connectivity index (χ0n) is 9.72. The first-order valence-corrected chi connectivity index (χ1v) is 5.30. The molecule has 0 aliphatic heterocycles. The van der Waals surface area contributed by atoms with Crippen molar-refractivity contribution in [3.8, 4) is 0 Å². The van der Waals surface area contributed by atoms with Gasteiger partial charge in [-0.15, -0.1) is 0 Å². The van der Waals surface area contributed by atoms with Gasteiger partial charge in [0, 0.05) is 11.3 Å². The molecule has 3 heteroatoms. The number of aryl methyl sites for hydroxylation is 1. The lowest BCUT2D eigenvalue weighted by Gasteiger charge is -2.08. The molecule has 0 bridgehead atoms. The molecule has 14 heavy (non-hydrogen) atoms. The fourth-order valence-electron chi connectivity index (χ4n) is 1.75. The van der Waals surface area contributed by atoms with E-state index in [4.69, 9.17) is 0 Å². The minimum atomic E-state index is 0.145. The van der Waals surface area contributed by atoms with Gasteiger partial charge in [0.05, 0.1) is 6.04 Å². The smallest absolute Gasteiger partial charge is 0.270 e. The van der Waals surface area contributed by atoms with Gasteiger partial charge in [-0.05, 0) is 26.2 Å². The number of nitrogens with zero attached hydrogens (tertiary/aromatic N) is 1. The summed E-state index contributed by atoms with van der Waals surface area (Å²) in [5.74, 6) is 0.295. The molecule has 0 fully saturated rings. The summed E-state index contributed by atoms with van der Waals surface area (Å²) in [7, 11) is 0. The summed E-state index contributed by atoms with van der Waals surface area (Å²) < 4.78 is 1.74. The van der Waals surface area contributed by atoms with Gasteiger partial charge in [0.1, 0.15) is 0 Å². The normalized spacial score (nSPS) is 13.6. The van der Waals surface area contributed by atoms with Crippen LogP contribution in [-0.2, 0) is 0 Å². The quantitative estimate of drug-likeness (QED) is 0.792. The van der Waals surface area contributed by atoms with Crippen molar-refractivity contribution in [1.82, 2.24) is 9.78 Å². The maximum Gasteiger partial charge on any atom is 0.270 e. The number of rotatable bonds is 3. The molecule has 0 aliphatic carbocycles. The molecule has 0 saturated carbocycles. The Labute approximate surface area is 85.1 Å². The standard InChI is InChI=1S/C11H20N2O/c1-6-8(4)13-11(14)10(7(2)3)9(5)12-13/h7-8,12H,6H2,1-5H3. The number of aromatic nitrogens is 2. The first-order chi connectivity index (χ1) is 6.49.